The lowest BCUT2D eigenvalue weighted by molar-refractivity contribution is -0.122. The first-order chi connectivity index (χ1) is 11.7. The molecule has 2 aromatic rings. The predicted octanol–water partition coefficient (Wildman–Crippen LogP) is 3.54. The summed E-state index contributed by atoms with van der Waals surface area (Å²) in [5.74, 6) is 3.54. The number of nitrogens with one attached hydrogen (secondary N) is 1. The molecule has 4 nitrogen and oxygen atoms in total. The van der Waals surface area contributed by atoms with E-state index in [1.54, 1.807) is 0 Å². The summed E-state index contributed by atoms with van der Waals surface area (Å²) in [4.78, 5) is 17.3. The molecule has 4 atom stereocenters. The topological polar surface area (TPSA) is 46.9 Å². The summed E-state index contributed by atoms with van der Waals surface area (Å²) in [5, 5.41) is 3.27. The number of imidazole rings is 1. The first-order valence-electron chi connectivity index (χ1n) is 9.39. The van der Waals surface area contributed by atoms with Crippen molar-refractivity contribution in [3.8, 4) is 0 Å². The Kier molecular flexibility index (Phi) is 4.07. The van der Waals surface area contributed by atoms with E-state index in [2.05, 4.69) is 28.7 Å². The lowest BCUT2D eigenvalue weighted by Crippen LogP contribution is -2.41. The molecule has 0 aliphatic heterocycles. The normalized spacial score (nSPS) is 26.8. The third-order valence-electron chi connectivity index (χ3n) is 6.18. The minimum absolute atomic E-state index is 0.114. The molecule has 0 unspecified atom stereocenters. The van der Waals surface area contributed by atoms with Gasteiger partial charge in [-0.15, -0.1) is 0 Å². The summed E-state index contributed by atoms with van der Waals surface area (Å²) in [6.07, 6.45) is 6.30. The Morgan fingerprint density at radius 1 is 1.33 bits per heavy atom. The van der Waals surface area contributed by atoms with E-state index in [4.69, 9.17) is 0 Å². The zero-order chi connectivity index (χ0) is 16.7. The van der Waals surface area contributed by atoms with Crippen molar-refractivity contribution in [1.29, 1.82) is 0 Å². The Labute approximate surface area is 143 Å². The van der Waals surface area contributed by atoms with Crippen LogP contribution in [0.1, 0.15) is 45.4 Å². The maximum atomic E-state index is 12.6. The summed E-state index contributed by atoms with van der Waals surface area (Å²) >= 11 is 0. The molecule has 1 aromatic carbocycles. The van der Waals surface area contributed by atoms with Crippen molar-refractivity contribution in [3.63, 3.8) is 0 Å². The molecule has 1 amide bonds. The number of benzene rings is 1. The summed E-state index contributed by atoms with van der Waals surface area (Å²) in [6, 6.07) is 8.36. The number of aromatic nitrogens is 2. The maximum Gasteiger partial charge on any atom is 0.240 e. The second kappa shape index (κ2) is 6.23. The summed E-state index contributed by atoms with van der Waals surface area (Å²) in [6.45, 7) is 4.65. The van der Waals surface area contributed by atoms with Crippen LogP contribution in [0.2, 0.25) is 0 Å². The van der Waals surface area contributed by atoms with Gasteiger partial charge in [0.1, 0.15) is 12.4 Å². The molecule has 24 heavy (non-hydrogen) atoms. The van der Waals surface area contributed by atoms with E-state index in [1.807, 2.05) is 24.3 Å². The van der Waals surface area contributed by atoms with E-state index in [0.29, 0.717) is 12.5 Å². The third-order valence-corrected chi connectivity index (χ3v) is 6.18. The Bertz CT molecular complexity index is 750. The molecule has 2 aliphatic carbocycles. The molecule has 0 radical (unpaired) electrons. The molecule has 2 aliphatic rings. The number of hydrogen-bond donors (Lipinski definition) is 1. The van der Waals surface area contributed by atoms with Gasteiger partial charge in [-0.1, -0.05) is 25.5 Å². The average molecular weight is 325 g/mol. The van der Waals surface area contributed by atoms with E-state index >= 15 is 0 Å². The van der Waals surface area contributed by atoms with Crippen molar-refractivity contribution in [1.82, 2.24) is 14.9 Å². The van der Waals surface area contributed by atoms with Crippen LogP contribution in [0.5, 0.6) is 0 Å². The Morgan fingerprint density at radius 3 is 2.88 bits per heavy atom. The van der Waals surface area contributed by atoms with E-state index < -0.39 is 0 Å². The molecule has 128 valence electrons. The summed E-state index contributed by atoms with van der Waals surface area (Å²) in [7, 11) is 0. The first-order valence-corrected chi connectivity index (χ1v) is 9.39. The van der Waals surface area contributed by atoms with Gasteiger partial charge in [-0.2, -0.15) is 0 Å². The average Bonchev–Trinajstić information content (AvgIpc) is 3.29. The highest BCUT2D eigenvalue weighted by Crippen LogP contribution is 2.49. The number of hydrogen-bond acceptors (Lipinski definition) is 2. The minimum atomic E-state index is 0.114. The third kappa shape index (κ3) is 2.72. The number of carbonyl (C=O) groups is 1. The molecule has 2 fully saturated rings. The summed E-state index contributed by atoms with van der Waals surface area (Å²) < 4.78 is 2.07. The number of fused-ring (bicyclic) bond motifs is 3. The van der Waals surface area contributed by atoms with Crippen molar-refractivity contribution in [2.75, 3.05) is 0 Å². The largest absolute Gasteiger partial charge is 0.352 e. The molecule has 2 saturated carbocycles. The van der Waals surface area contributed by atoms with Crippen molar-refractivity contribution >= 4 is 16.9 Å². The van der Waals surface area contributed by atoms with Crippen molar-refractivity contribution in [3.05, 3.63) is 30.1 Å². The van der Waals surface area contributed by atoms with Crippen molar-refractivity contribution in [2.24, 2.45) is 17.8 Å². The fraction of sp³-hybridized carbons (Fsp3) is 0.600. The molecule has 4 rings (SSSR count). The van der Waals surface area contributed by atoms with Gasteiger partial charge in [-0.05, 0) is 56.1 Å². The van der Waals surface area contributed by atoms with Crippen LogP contribution in [-0.4, -0.2) is 21.5 Å². The summed E-state index contributed by atoms with van der Waals surface area (Å²) in [5.41, 5.74) is 2.03. The second-order valence-corrected chi connectivity index (χ2v) is 7.65. The van der Waals surface area contributed by atoms with Crippen LogP contribution in [0.15, 0.2) is 24.3 Å². The molecule has 0 spiro atoms. The second-order valence-electron chi connectivity index (χ2n) is 7.65. The first kappa shape index (κ1) is 15.7. The molecule has 0 saturated heterocycles. The van der Waals surface area contributed by atoms with Gasteiger partial charge in [0.15, 0.2) is 0 Å². The van der Waals surface area contributed by atoms with E-state index in [1.165, 1.54) is 25.7 Å². The minimum Gasteiger partial charge on any atom is -0.352 e. The number of amides is 1. The number of aryl methyl sites for hydroxylation is 1. The number of carbonyl (C=O) groups excluding carboxylic acids is 1. The smallest absolute Gasteiger partial charge is 0.240 e. The zero-order valence-electron chi connectivity index (χ0n) is 14.7. The fourth-order valence-electron chi connectivity index (χ4n) is 5.03. The molecule has 1 aromatic heterocycles. The van der Waals surface area contributed by atoms with Crippen LogP contribution >= 0.6 is 0 Å². The van der Waals surface area contributed by atoms with Gasteiger partial charge < -0.3 is 9.88 Å². The Hall–Kier alpha value is -1.84. The van der Waals surface area contributed by atoms with Gasteiger partial charge in [0.25, 0.3) is 0 Å². The highest BCUT2D eigenvalue weighted by atomic mass is 16.2. The van der Waals surface area contributed by atoms with Gasteiger partial charge in [-0.3, -0.25) is 4.79 Å². The van der Waals surface area contributed by atoms with Crippen LogP contribution in [0.4, 0.5) is 0 Å². The highest BCUT2D eigenvalue weighted by Gasteiger charge is 2.42. The number of nitrogens with zero attached hydrogens (tertiary/aromatic N) is 2. The Morgan fingerprint density at radius 2 is 2.17 bits per heavy atom. The van der Waals surface area contributed by atoms with Crippen molar-refractivity contribution in [2.45, 2.75) is 58.5 Å². The van der Waals surface area contributed by atoms with Crippen LogP contribution in [-0.2, 0) is 17.8 Å². The quantitative estimate of drug-likeness (QED) is 0.914. The molecule has 2 bridgehead atoms. The van der Waals surface area contributed by atoms with Gasteiger partial charge in [0.05, 0.1) is 11.0 Å². The van der Waals surface area contributed by atoms with E-state index in [-0.39, 0.29) is 11.9 Å². The SMILES string of the molecule is CCc1nc2ccccc2n1CC(=O)N[C@@H](C)[C@@H]1C[C@H]2CC[C@H]1C2. The number of rotatable bonds is 5. The molecule has 1 heterocycles. The van der Waals surface area contributed by atoms with E-state index in [9.17, 15) is 4.79 Å². The predicted molar refractivity (Wildman–Crippen MR) is 95.7 cm³/mol. The van der Waals surface area contributed by atoms with Gasteiger partial charge in [0, 0.05) is 12.5 Å². The molecule has 1 N–H and O–H groups in total. The van der Waals surface area contributed by atoms with Crippen LogP contribution in [0.25, 0.3) is 11.0 Å². The van der Waals surface area contributed by atoms with Crippen molar-refractivity contribution < 1.29 is 4.79 Å². The van der Waals surface area contributed by atoms with Crippen LogP contribution in [0, 0.1) is 17.8 Å². The molecular formula is C20H27N3O. The fourth-order valence-corrected chi connectivity index (χ4v) is 5.03. The Balaban J connectivity index is 1.46. The molecule has 4 heteroatoms. The van der Waals surface area contributed by atoms with Crippen LogP contribution in [0.3, 0.4) is 0 Å². The molecular weight excluding hydrogens is 298 g/mol. The monoisotopic (exact) mass is 325 g/mol. The zero-order valence-corrected chi connectivity index (χ0v) is 14.7. The van der Waals surface area contributed by atoms with Gasteiger partial charge >= 0.3 is 0 Å². The van der Waals surface area contributed by atoms with Crippen LogP contribution < -0.4 is 5.32 Å². The standard InChI is InChI=1S/C20H27N3O/c1-3-19-22-17-6-4-5-7-18(17)23(19)12-20(24)21-13(2)16-11-14-8-9-15(16)10-14/h4-7,13-16H,3,8-12H2,1-2H3,(H,21,24)/t13-,14-,15-,16-/m0/s1. The van der Waals surface area contributed by atoms with Gasteiger partial charge in [-0.25, -0.2) is 4.98 Å². The highest BCUT2D eigenvalue weighted by molar-refractivity contribution is 5.81. The lowest BCUT2D eigenvalue weighted by atomic mass is 9.84. The van der Waals surface area contributed by atoms with E-state index in [0.717, 1.165) is 35.1 Å². The lowest BCUT2D eigenvalue weighted by Gasteiger charge is -2.28. The van der Waals surface area contributed by atoms with Gasteiger partial charge in [0.2, 0.25) is 5.91 Å². The maximum absolute atomic E-state index is 12.6. The number of para-hydroxylation sites is 2.